The Morgan fingerprint density at radius 2 is 2.15 bits per heavy atom. The lowest BCUT2D eigenvalue weighted by Gasteiger charge is -2.22. The van der Waals surface area contributed by atoms with Crippen molar-refractivity contribution in [1.82, 2.24) is 4.90 Å². The molecule has 0 saturated carbocycles. The number of nitrogens with zero attached hydrogens (tertiary/aromatic N) is 1. The highest BCUT2D eigenvalue weighted by Crippen LogP contribution is 2.23. The summed E-state index contributed by atoms with van der Waals surface area (Å²) < 4.78 is 13.6. The predicted molar refractivity (Wildman–Crippen MR) is 68.9 cm³/mol. The zero-order valence-corrected chi connectivity index (χ0v) is 10.8. The molecule has 2 rings (SSSR count). The van der Waals surface area contributed by atoms with Gasteiger partial charge >= 0.3 is 12.0 Å². The number of benzene rings is 1. The van der Waals surface area contributed by atoms with E-state index in [9.17, 15) is 19.1 Å². The summed E-state index contributed by atoms with van der Waals surface area (Å²) >= 11 is 0. The molecule has 0 aromatic heterocycles. The predicted octanol–water partition coefficient (Wildman–Crippen LogP) is 1.19. The molecule has 1 aromatic rings. The van der Waals surface area contributed by atoms with E-state index in [1.54, 1.807) is 13.0 Å². The van der Waals surface area contributed by atoms with Crippen LogP contribution >= 0.6 is 0 Å². The van der Waals surface area contributed by atoms with Crippen LogP contribution in [0.4, 0.5) is 14.9 Å². The lowest BCUT2D eigenvalue weighted by Crippen LogP contribution is -2.43. The number of carboxylic acid groups (broad SMARTS) is 1. The second-order valence-electron chi connectivity index (χ2n) is 4.76. The van der Waals surface area contributed by atoms with Gasteiger partial charge in [-0.2, -0.15) is 0 Å². The Hall–Kier alpha value is -2.15. The molecule has 1 unspecified atom stereocenters. The van der Waals surface area contributed by atoms with Gasteiger partial charge in [0.15, 0.2) is 0 Å². The quantitative estimate of drug-likeness (QED) is 0.760. The lowest BCUT2D eigenvalue weighted by atomic mass is 10.2. The fourth-order valence-electron chi connectivity index (χ4n) is 2.24. The van der Waals surface area contributed by atoms with E-state index < -0.39 is 30.0 Å². The van der Waals surface area contributed by atoms with E-state index in [4.69, 9.17) is 5.11 Å². The number of para-hydroxylation sites is 1. The van der Waals surface area contributed by atoms with Crippen LogP contribution in [0.2, 0.25) is 0 Å². The number of rotatable bonds is 2. The maximum Gasteiger partial charge on any atom is 0.326 e. The number of hydrogen-bond donors (Lipinski definition) is 3. The van der Waals surface area contributed by atoms with E-state index in [0.29, 0.717) is 5.56 Å². The van der Waals surface area contributed by atoms with Gasteiger partial charge < -0.3 is 20.4 Å². The number of carbonyl (C=O) groups is 2. The normalized spacial score (nSPS) is 21.9. The number of carbonyl (C=O) groups excluding carboxylic acids is 1. The number of urea groups is 1. The third-order valence-corrected chi connectivity index (χ3v) is 3.28. The molecule has 1 saturated heterocycles. The van der Waals surface area contributed by atoms with Crippen molar-refractivity contribution in [2.45, 2.75) is 25.5 Å². The summed E-state index contributed by atoms with van der Waals surface area (Å²) in [6, 6.07) is 2.52. The van der Waals surface area contributed by atoms with Gasteiger partial charge in [0, 0.05) is 13.0 Å². The van der Waals surface area contributed by atoms with E-state index in [1.165, 1.54) is 12.1 Å². The van der Waals surface area contributed by atoms with Crippen molar-refractivity contribution in [2.75, 3.05) is 11.9 Å². The molecule has 20 heavy (non-hydrogen) atoms. The van der Waals surface area contributed by atoms with Gasteiger partial charge in [0.2, 0.25) is 0 Å². The zero-order valence-electron chi connectivity index (χ0n) is 10.8. The monoisotopic (exact) mass is 282 g/mol. The van der Waals surface area contributed by atoms with Gasteiger partial charge in [-0.15, -0.1) is 0 Å². The molecule has 6 nitrogen and oxygen atoms in total. The van der Waals surface area contributed by atoms with Crippen molar-refractivity contribution in [3.8, 4) is 0 Å². The molecule has 1 aromatic carbocycles. The third-order valence-electron chi connectivity index (χ3n) is 3.28. The number of β-amino-alcohol motifs (C(OH)–C–C–N with tert-alkyl or cyclic N) is 1. The maximum absolute atomic E-state index is 13.6. The van der Waals surface area contributed by atoms with Crippen LogP contribution in [0.3, 0.4) is 0 Å². The lowest BCUT2D eigenvalue weighted by molar-refractivity contribution is -0.141. The number of likely N-dealkylation sites (tertiary alicyclic amines) is 1. The summed E-state index contributed by atoms with van der Waals surface area (Å²) in [7, 11) is 0. The highest BCUT2D eigenvalue weighted by Gasteiger charge is 2.39. The molecule has 108 valence electrons. The Morgan fingerprint density at radius 1 is 1.45 bits per heavy atom. The Bertz CT molecular complexity index is 529. The number of hydrogen-bond acceptors (Lipinski definition) is 3. The molecule has 0 bridgehead atoms. The van der Waals surface area contributed by atoms with Crippen LogP contribution in [0.5, 0.6) is 0 Å². The van der Waals surface area contributed by atoms with Gasteiger partial charge in [0.25, 0.3) is 0 Å². The van der Waals surface area contributed by atoms with Gasteiger partial charge in [-0.25, -0.2) is 14.0 Å². The first kappa shape index (κ1) is 14.3. The minimum atomic E-state index is -1.19. The summed E-state index contributed by atoms with van der Waals surface area (Å²) in [5, 5.41) is 20.9. The Labute approximate surface area is 114 Å². The second kappa shape index (κ2) is 5.46. The number of carboxylic acids is 1. The highest BCUT2D eigenvalue weighted by atomic mass is 19.1. The zero-order chi connectivity index (χ0) is 14.9. The number of aryl methyl sites for hydroxylation is 1. The number of aliphatic hydroxyl groups excluding tert-OH is 1. The van der Waals surface area contributed by atoms with Crippen LogP contribution in [0, 0.1) is 12.7 Å². The van der Waals surface area contributed by atoms with E-state index >= 15 is 0 Å². The number of nitrogens with one attached hydrogen (secondary N) is 1. The topological polar surface area (TPSA) is 89.9 Å². The van der Waals surface area contributed by atoms with Crippen LogP contribution in [0.25, 0.3) is 0 Å². The smallest absolute Gasteiger partial charge is 0.326 e. The fraction of sp³-hybridized carbons (Fsp3) is 0.385. The van der Waals surface area contributed by atoms with Crippen LogP contribution in [0.15, 0.2) is 18.2 Å². The van der Waals surface area contributed by atoms with Crippen LogP contribution in [-0.2, 0) is 4.79 Å². The minimum Gasteiger partial charge on any atom is -0.480 e. The molecule has 1 aliphatic rings. The van der Waals surface area contributed by atoms with Crippen LogP contribution in [-0.4, -0.2) is 45.8 Å². The van der Waals surface area contributed by atoms with E-state index in [1.807, 2.05) is 0 Å². The highest BCUT2D eigenvalue weighted by molar-refractivity contribution is 5.93. The number of aliphatic carboxylic acids is 1. The molecule has 0 spiro atoms. The summed E-state index contributed by atoms with van der Waals surface area (Å²) in [6.07, 6.45) is -0.914. The van der Waals surface area contributed by atoms with E-state index in [-0.39, 0.29) is 18.7 Å². The molecular weight excluding hydrogens is 267 g/mol. The maximum atomic E-state index is 13.6. The minimum absolute atomic E-state index is 0.0167. The summed E-state index contributed by atoms with van der Waals surface area (Å²) in [4.78, 5) is 24.1. The molecule has 1 heterocycles. The number of aliphatic hydroxyl groups is 1. The van der Waals surface area contributed by atoms with Gasteiger partial charge in [-0.1, -0.05) is 12.1 Å². The average molecular weight is 282 g/mol. The van der Waals surface area contributed by atoms with Gasteiger partial charge in [-0.05, 0) is 18.6 Å². The third kappa shape index (κ3) is 2.72. The molecule has 3 N–H and O–H groups in total. The van der Waals surface area contributed by atoms with E-state index in [2.05, 4.69) is 5.32 Å². The Balaban J connectivity index is 2.18. The average Bonchev–Trinajstić information content (AvgIpc) is 2.76. The van der Waals surface area contributed by atoms with Crippen molar-refractivity contribution in [3.63, 3.8) is 0 Å². The number of halogens is 1. The first-order valence-electron chi connectivity index (χ1n) is 6.13. The number of anilines is 1. The molecule has 1 fully saturated rings. The molecule has 2 atom stereocenters. The molecule has 0 radical (unpaired) electrons. The van der Waals surface area contributed by atoms with Crippen LogP contribution in [0.1, 0.15) is 12.0 Å². The van der Waals surface area contributed by atoms with Gasteiger partial charge in [0.1, 0.15) is 11.9 Å². The summed E-state index contributed by atoms with van der Waals surface area (Å²) in [6.45, 7) is 1.54. The van der Waals surface area contributed by atoms with E-state index in [0.717, 1.165) is 4.90 Å². The number of amides is 2. The fourth-order valence-corrected chi connectivity index (χ4v) is 2.24. The molecule has 0 aliphatic carbocycles. The molecule has 2 amide bonds. The van der Waals surface area contributed by atoms with Gasteiger partial charge in [-0.3, -0.25) is 0 Å². The van der Waals surface area contributed by atoms with Crippen molar-refractivity contribution < 1.29 is 24.2 Å². The summed E-state index contributed by atoms with van der Waals surface area (Å²) in [5.74, 6) is -1.79. The SMILES string of the molecule is Cc1cccc(F)c1NC(=O)N1CC(O)C[C@H]1C(=O)O. The van der Waals surface area contributed by atoms with Crippen molar-refractivity contribution in [1.29, 1.82) is 0 Å². The Morgan fingerprint density at radius 3 is 2.75 bits per heavy atom. The second-order valence-corrected chi connectivity index (χ2v) is 4.76. The van der Waals surface area contributed by atoms with Crippen molar-refractivity contribution in [3.05, 3.63) is 29.6 Å². The van der Waals surface area contributed by atoms with Gasteiger partial charge in [0.05, 0.1) is 11.8 Å². The Kier molecular flexibility index (Phi) is 3.89. The van der Waals surface area contributed by atoms with Crippen molar-refractivity contribution >= 4 is 17.7 Å². The standard InChI is InChI=1S/C13H15FN2O4/c1-7-3-2-4-9(14)11(7)15-13(20)16-6-8(17)5-10(16)12(18)19/h2-4,8,10,17H,5-6H2,1H3,(H,15,20)(H,18,19)/t8?,10-/m0/s1. The van der Waals surface area contributed by atoms with Crippen molar-refractivity contribution in [2.24, 2.45) is 0 Å². The first-order chi connectivity index (χ1) is 9.40. The molecular formula is C13H15FN2O4. The largest absolute Gasteiger partial charge is 0.480 e. The molecule has 7 heteroatoms. The molecule has 1 aliphatic heterocycles. The summed E-state index contributed by atoms with van der Waals surface area (Å²) in [5.41, 5.74) is 0.549. The first-order valence-corrected chi connectivity index (χ1v) is 6.13. The van der Waals surface area contributed by atoms with Crippen LogP contribution < -0.4 is 5.32 Å².